The minimum Gasteiger partial charge on any atom is -0.490 e. The first-order valence-corrected chi connectivity index (χ1v) is 7.87. The normalized spacial score (nSPS) is 13.3. The smallest absolute Gasteiger partial charge is 0.251 e. The van der Waals surface area contributed by atoms with E-state index in [4.69, 9.17) is 9.47 Å². The summed E-state index contributed by atoms with van der Waals surface area (Å²) in [5, 5.41) is 2.95. The number of hydrogen-bond donors (Lipinski definition) is 1. The largest absolute Gasteiger partial charge is 0.490 e. The molecular weight excluding hydrogens is 290 g/mol. The van der Waals surface area contributed by atoms with Crippen molar-refractivity contribution in [3.05, 3.63) is 58.7 Å². The van der Waals surface area contributed by atoms with Crippen LogP contribution in [0, 0.1) is 13.8 Å². The molecule has 0 saturated carbocycles. The van der Waals surface area contributed by atoms with Crippen LogP contribution in [0.1, 0.15) is 33.5 Å². The summed E-state index contributed by atoms with van der Waals surface area (Å²) in [5.74, 6) is 1.45. The molecule has 0 saturated heterocycles. The molecule has 4 nitrogen and oxygen atoms in total. The van der Waals surface area contributed by atoms with Crippen molar-refractivity contribution in [2.45, 2.75) is 26.8 Å². The standard InChI is InChI=1S/C19H21NO3/c1-13-4-6-16(10-14(13)2)19(21)20-12-15-5-7-17-18(11-15)23-9-3-8-22-17/h4-7,10-11H,3,8-9,12H2,1-2H3,(H,20,21). The third-order valence-corrected chi connectivity index (χ3v) is 4.03. The molecule has 2 aromatic carbocycles. The Morgan fingerprint density at radius 2 is 1.78 bits per heavy atom. The summed E-state index contributed by atoms with van der Waals surface area (Å²) in [4.78, 5) is 12.3. The Kier molecular flexibility index (Phi) is 4.51. The van der Waals surface area contributed by atoms with Crippen LogP contribution in [0.2, 0.25) is 0 Å². The van der Waals surface area contributed by atoms with Crippen LogP contribution in [-0.2, 0) is 6.54 Å². The molecule has 4 heteroatoms. The Morgan fingerprint density at radius 3 is 2.57 bits per heavy atom. The highest BCUT2D eigenvalue weighted by Gasteiger charge is 2.11. The number of rotatable bonds is 3. The number of aryl methyl sites for hydroxylation is 2. The predicted molar refractivity (Wildman–Crippen MR) is 89.1 cm³/mol. The highest BCUT2D eigenvalue weighted by molar-refractivity contribution is 5.94. The third kappa shape index (κ3) is 3.65. The van der Waals surface area contributed by atoms with Gasteiger partial charge in [0, 0.05) is 18.5 Å². The van der Waals surface area contributed by atoms with Gasteiger partial charge in [-0.15, -0.1) is 0 Å². The second-order valence-corrected chi connectivity index (χ2v) is 5.81. The molecule has 0 spiro atoms. The van der Waals surface area contributed by atoms with Crippen molar-refractivity contribution in [2.24, 2.45) is 0 Å². The van der Waals surface area contributed by atoms with Gasteiger partial charge in [0.1, 0.15) is 0 Å². The van der Waals surface area contributed by atoms with Gasteiger partial charge in [0.15, 0.2) is 11.5 Å². The Hall–Kier alpha value is -2.49. The first-order chi connectivity index (χ1) is 11.1. The van der Waals surface area contributed by atoms with E-state index in [-0.39, 0.29) is 5.91 Å². The molecular formula is C19H21NO3. The Morgan fingerprint density at radius 1 is 1.00 bits per heavy atom. The lowest BCUT2D eigenvalue weighted by molar-refractivity contribution is 0.0950. The Balaban J connectivity index is 1.67. The van der Waals surface area contributed by atoms with Crippen LogP contribution in [0.15, 0.2) is 36.4 Å². The van der Waals surface area contributed by atoms with Gasteiger partial charge in [-0.25, -0.2) is 0 Å². The molecule has 0 fully saturated rings. The lowest BCUT2D eigenvalue weighted by Gasteiger charge is -2.11. The summed E-state index contributed by atoms with van der Waals surface area (Å²) in [7, 11) is 0. The minimum atomic E-state index is -0.0692. The lowest BCUT2D eigenvalue weighted by Crippen LogP contribution is -2.22. The van der Waals surface area contributed by atoms with Gasteiger partial charge in [-0.1, -0.05) is 12.1 Å². The summed E-state index contributed by atoms with van der Waals surface area (Å²) in [6.07, 6.45) is 0.882. The average molecular weight is 311 g/mol. The molecule has 1 aliphatic rings. The Bertz CT molecular complexity index is 725. The number of nitrogens with one attached hydrogen (secondary N) is 1. The van der Waals surface area contributed by atoms with Gasteiger partial charge in [-0.05, 0) is 54.8 Å². The van der Waals surface area contributed by atoms with E-state index in [1.807, 2.05) is 50.2 Å². The maximum Gasteiger partial charge on any atom is 0.251 e. The lowest BCUT2D eigenvalue weighted by atomic mass is 10.1. The summed E-state index contributed by atoms with van der Waals surface area (Å²) in [6.45, 7) is 5.84. The van der Waals surface area contributed by atoms with E-state index in [0.29, 0.717) is 25.3 Å². The monoisotopic (exact) mass is 311 g/mol. The number of carbonyl (C=O) groups excluding carboxylic acids is 1. The van der Waals surface area contributed by atoms with Gasteiger partial charge in [0.2, 0.25) is 0 Å². The fourth-order valence-corrected chi connectivity index (χ4v) is 2.48. The zero-order chi connectivity index (χ0) is 16.2. The first-order valence-electron chi connectivity index (χ1n) is 7.87. The van der Waals surface area contributed by atoms with Crippen LogP contribution in [0.25, 0.3) is 0 Å². The third-order valence-electron chi connectivity index (χ3n) is 4.03. The summed E-state index contributed by atoms with van der Waals surface area (Å²) < 4.78 is 11.3. The van der Waals surface area contributed by atoms with Crippen LogP contribution >= 0.6 is 0 Å². The van der Waals surface area contributed by atoms with E-state index >= 15 is 0 Å². The van der Waals surface area contributed by atoms with Crippen molar-refractivity contribution in [1.29, 1.82) is 0 Å². The van der Waals surface area contributed by atoms with Crippen LogP contribution < -0.4 is 14.8 Å². The molecule has 0 radical (unpaired) electrons. The van der Waals surface area contributed by atoms with Gasteiger partial charge >= 0.3 is 0 Å². The van der Waals surface area contributed by atoms with Crippen molar-refractivity contribution in [3.8, 4) is 11.5 Å². The van der Waals surface area contributed by atoms with Crippen LogP contribution in [0.3, 0.4) is 0 Å². The van der Waals surface area contributed by atoms with E-state index in [9.17, 15) is 4.79 Å². The topological polar surface area (TPSA) is 47.6 Å². The van der Waals surface area contributed by atoms with Gasteiger partial charge in [0.05, 0.1) is 13.2 Å². The van der Waals surface area contributed by atoms with Gasteiger partial charge in [0.25, 0.3) is 5.91 Å². The predicted octanol–water partition coefficient (Wildman–Crippen LogP) is 3.39. The maximum absolute atomic E-state index is 12.3. The highest BCUT2D eigenvalue weighted by Crippen LogP contribution is 2.30. The molecule has 0 unspecified atom stereocenters. The zero-order valence-corrected chi connectivity index (χ0v) is 13.5. The van der Waals surface area contributed by atoms with E-state index in [1.54, 1.807) is 0 Å². The van der Waals surface area contributed by atoms with Gasteiger partial charge in [-0.3, -0.25) is 4.79 Å². The van der Waals surface area contributed by atoms with Crippen LogP contribution in [0.5, 0.6) is 11.5 Å². The number of carbonyl (C=O) groups is 1. The average Bonchev–Trinajstić information content (AvgIpc) is 2.80. The second kappa shape index (κ2) is 6.73. The van der Waals surface area contributed by atoms with Crippen LogP contribution in [0.4, 0.5) is 0 Å². The van der Waals surface area contributed by atoms with Gasteiger partial charge < -0.3 is 14.8 Å². The van der Waals surface area contributed by atoms with E-state index < -0.39 is 0 Å². The highest BCUT2D eigenvalue weighted by atomic mass is 16.5. The number of benzene rings is 2. The van der Waals surface area contributed by atoms with E-state index in [1.165, 1.54) is 5.56 Å². The van der Waals surface area contributed by atoms with Crippen molar-refractivity contribution in [1.82, 2.24) is 5.32 Å². The van der Waals surface area contributed by atoms with Crippen molar-refractivity contribution in [3.63, 3.8) is 0 Å². The molecule has 0 bridgehead atoms. The van der Waals surface area contributed by atoms with Crippen molar-refractivity contribution < 1.29 is 14.3 Å². The molecule has 0 aromatic heterocycles. The molecule has 1 amide bonds. The maximum atomic E-state index is 12.3. The van der Waals surface area contributed by atoms with E-state index in [0.717, 1.165) is 29.0 Å². The first kappa shape index (κ1) is 15.4. The quantitative estimate of drug-likeness (QED) is 0.945. The Labute approximate surface area is 136 Å². The number of ether oxygens (including phenoxy) is 2. The summed E-state index contributed by atoms with van der Waals surface area (Å²) in [5.41, 5.74) is 3.98. The molecule has 0 atom stereocenters. The molecule has 120 valence electrons. The fourth-order valence-electron chi connectivity index (χ4n) is 2.48. The van der Waals surface area contributed by atoms with Crippen molar-refractivity contribution >= 4 is 5.91 Å². The molecule has 3 rings (SSSR count). The van der Waals surface area contributed by atoms with Crippen molar-refractivity contribution in [2.75, 3.05) is 13.2 Å². The summed E-state index contributed by atoms with van der Waals surface area (Å²) >= 11 is 0. The molecule has 1 heterocycles. The molecule has 1 N–H and O–H groups in total. The number of hydrogen-bond acceptors (Lipinski definition) is 3. The fraction of sp³-hybridized carbons (Fsp3) is 0.316. The molecule has 1 aliphatic heterocycles. The number of amides is 1. The SMILES string of the molecule is Cc1ccc(C(=O)NCc2ccc3c(c2)OCCCO3)cc1C. The zero-order valence-electron chi connectivity index (χ0n) is 13.5. The molecule has 23 heavy (non-hydrogen) atoms. The second-order valence-electron chi connectivity index (χ2n) is 5.81. The minimum absolute atomic E-state index is 0.0692. The van der Waals surface area contributed by atoms with E-state index in [2.05, 4.69) is 5.32 Å². The van der Waals surface area contributed by atoms with Crippen LogP contribution in [-0.4, -0.2) is 19.1 Å². The molecule has 2 aromatic rings. The number of fused-ring (bicyclic) bond motifs is 1. The molecule has 0 aliphatic carbocycles. The van der Waals surface area contributed by atoms with Gasteiger partial charge in [-0.2, -0.15) is 0 Å². The summed E-state index contributed by atoms with van der Waals surface area (Å²) in [6, 6.07) is 11.5.